The predicted octanol–water partition coefficient (Wildman–Crippen LogP) is 1.96. The third-order valence-corrected chi connectivity index (χ3v) is 3.19. The lowest BCUT2D eigenvalue weighted by molar-refractivity contribution is 0.624. The Balaban J connectivity index is 2.27. The van der Waals surface area contributed by atoms with E-state index in [1.807, 2.05) is 36.7 Å². The summed E-state index contributed by atoms with van der Waals surface area (Å²) in [5.74, 6) is 0.760. The van der Waals surface area contributed by atoms with Gasteiger partial charge in [0.15, 0.2) is 0 Å². The highest BCUT2D eigenvalue weighted by Gasteiger charge is 2.15. The first kappa shape index (κ1) is 13.5. The summed E-state index contributed by atoms with van der Waals surface area (Å²) >= 11 is 0. The average molecular weight is 262 g/mol. The Bertz CT molecular complexity index is 577. The Morgan fingerprint density at radius 3 is 2.79 bits per heavy atom. The minimum absolute atomic E-state index is 0.217. The van der Waals surface area contributed by atoms with Crippen molar-refractivity contribution in [3.05, 3.63) is 46.9 Å². The van der Waals surface area contributed by atoms with E-state index < -0.39 is 0 Å². The van der Waals surface area contributed by atoms with E-state index in [4.69, 9.17) is 5.73 Å². The van der Waals surface area contributed by atoms with Crippen molar-refractivity contribution in [1.29, 1.82) is 0 Å². The van der Waals surface area contributed by atoms with E-state index in [0.717, 1.165) is 22.6 Å². The van der Waals surface area contributed by atoms with Crippen molar-refractivity contribution in [2.24, 2.45) is 12.8 Å². The van der Waals surface area contributed by atoms with Gasteiger partial charge in [0.1, 0.15) is 11.6 Å². The molecule has 2 N–H and O–H groups in total. The number of nitrogens with two attached hydrogens (primary N) is 1. The fourth-order valence-electron chi connectivity index (χ4n) is 2.39. The maximum Gasteiger partial charge on any atom is 0.131 e. The van der Waals surface area contributed by atoms with Crippen LogP contribution >= 0.6 is 0 Å². The van der Waals surface area contributed by atoms with Gasteiger partial charge in [-0.1, -0.05) is 12.1 Å². The van der Waals surface area contributed by atoms with Crippen LogP contribution in [0.2, 0.25) is 0 Å². The molecular weight excluding hydrogens is 243 g/mol. The summed E-state index contributed by atoms with van der Waals surface area (Å²) in [5.41, 5.74) is 8.67. The minimum Gasteiger partial charge on any atom is -0.355 e. The first-order chi connectivity index (χ1) is 9.02. The van der Waals surface area contributed by atoms with E-state index in [9.17, 15) is 4.39 Å². The largest absolute Gasteiger partial charge is 0.355 e. The molecule has 4 nitrogen and oxygen atoms in total. The van der Waals surface area contributed by atoms with Crippen LogP contribution in [0.15, 0.2) is 24.3 Å². The molecule has 0 amide bonds. The Labute approximate surface area is 112 Å². The molecule has 19 heavy (non-hydrogen) atoms. The summed E-state index contributed by atoms with van der Waals surface area (Å²) in [6, 6.07) is 6.62. The van der Waals surface area contributed by atoms with Gasteiger partial charge in [-0.15, -0.1) is 0 Å². The Morgan fingerprint density at radius 2 is 2.16 bits per heavy atom. The molecule has 1 heterocycles. The zero-order valence-electron chi connectivity index (χ0n) is 11.5. The normalized spacial score (nSPS) is 10.8. The summed E-state index contributed by atoms with van der Waals surface area (Å²) in [6.07, 6.45) is 0. The highest BCUT2D eigenvalue weighted by molar-refractivity contribution is 5.50. The molecule has 102 valence electrons. The zero-order valence-corrected chi connectivity index (χ0v) is 11.5. The molecule has 0 radical (unpaired) electrons. The third kappa shape index (κ3) is 2.76. The summed E-state index contributed by atoms with van der Waals surface area (Å²) in [5, 5.41) is 4.38. The number of benzene rings is 1. The van der Waals surface area contributed by atoms with E-state index >= 15 is 0 Å². The second-order valence-corrected chi connectivity index (χ2v) is 4.70. The molecule has 1 aromatic carbocycles. The van der Waals surface area contributed by atoms with Crippen LogP contribution in [0.5, 0.6) is 0 Å². The summed E-state index contributed by atoms with van der Waals surface area (Å²) in [7, 11) is 3.85. The van der Waals surface area contributed by atoms with E-state index in [0.29, 0.717) is 13.1 Å². The number of hydrogen-bond acceptors (Lipinski definition) is 3. The monoisotopic (exact) mass is 262 g/mol. The molecule has 0 unspecified atom stereocenters. The molecule has 0 spiro atoms. The Kier molecular flexibility index (Phi) is 3.85. The van der Waals surface area contributed by atoms with Gasteiger partial charge in [0.2, 0.25) is 0 Å². The number of rotatable bonds is 4. The number of nitrogens with zero attached hydrogens (tertiary/aromatic N) is 3. The topological polar surface area (TPSA) is 47.1 Å². The molecule has 1 aromatic heterocycles. The van der Waals surface area contributed by atoms with Gasteiger partial charge in [-0.3, -0.25) is 4.68 Å². The second kappa shape index (κ2) is 5.40. The first-order valence-electron chi connectivity index (χ1n) is 6.21. The van der Waals surface area contributed by atoms with Crippen LogP contribution in [0.4, 0.5) is 10.2 Å². The molecule has 0 aliphatic carbocycles. The van der Waals surface area contributed by atoms with E-state index in [1.54, 1.807) is 12.1 Å². The quantitative estimate of drug-likeness (QED) is 0.916. The van der Waals surface area contributed by atoms with Crippen LogP contribution in [0.1, 0.15) is 16.8 Å². The number of aromatic nitrogens is 2. The fraction of sp³-hybridized carbons (Fsp3) is 0.357. The lowest BCUT2D eigenvalue weighted by Gasteiger charge is -2.21. The number of aryl methyl sites for hydroxylation is 2. The smallest absolute Gasteiger partial charge is 0.131 e. The average Bonchev–Trinajstić information content (AvgIpc) is 2.63. The van der Waals surface area contributed by atoms with Crippen LogP contribution in [0.3, 0.4) is 0 Å². The van der Waals surface area contributed by atoms with Gasteiger partial charge in [-0.05, 0) is 24.6 Å². The van der Waals surface area contributed by atoms with Crippen LogP contribution in [0.25, 0.3) is 0 Å². The number of hydrogen-bond donors (Lipinski definition) is 1. The molecule has 0 atom stereocenters. The van der Waals surface area contributed by atoms with Crippen molar-refractivity contribution in [2.45, 2.75) is 20.0 Å². The SMILES string of the molecule is Cc1nn(C)c(N(C)Cc2cccc(F)c2)c1CN. The molecular formula is C14H19FN4. The maximum absolute atomic E-state index is 13.2. The van der Waals surface area contributed by atoms with Gasteiger partial charge in [-0.25, -0.2) is 4.39 Å². The van der Waals surface area contributed by atoms with Crippen LogP contribution in [-0.4, -0.2) is 16.8 Å². The highest BCUT2D eigenvalue weighted by atomic mass is 19.1. The summed E-state index contributed by atoms with van der Waals surface area (Å²) in [4.78, 5) is 2.04. The number of anilines is 1. The van der Waals surface area contributed by atoms with Crippen LogP contribution < -0.4 is 10.6 Å². The summed E-state index contributed by atoms with van der Waals surface area (Å²) < 4.78 is 15.0. The Hall–Kier alpha value is -1.88. The zero-order chi connectivity index (χ0) is 14.0. The molecule has 0 saturated heterocycles. The van der Waals surface area contributed by atoms with E-state index in [1.165, 1.54) is 6.07 Å². The first-order valence-corrected chi connectivity index (χ1v) is 6.21. The molecule has 0 fully saturated rings. The standard InChI is InChI=1S/C14H19FN4/c1-10-13(8-16)14(19(3)17-10)18(2)9-11-5-4-6-12(15)7-11/h4-7H,8-9,16H2,1-3H3. The number of halogens is 1. The molecule has 2 aromatic rings. The van der Waals surface area contributed by atoms with Gasteiger partial charge in [0, 0.05) is 32.7 Å². The van der Waals surface area contributed by atoms with E-state index in [-0.39, 0.29) is 5.82 Å². The molecule has 0 aliphatic heterocycles. The fourth-order valence-corrected chi connectivity index (χ4v) is 2.39. The van der Waals surface area contributed by atoms with Gasteiger partial charge in [0.05, 0.1) is 5.69 Å². The molecule has 0 bridgehead atoms. The van der Waals surface area contributed by atoms with Crippen molar-refractivity contribution in [3.8, 4) is 0 Å². The molecule has 2 rings (SSSR count). The van der Waals surface area contributed by atoms with Gasteiger partial charge >= 0.3 is 0 Å². The minimum atomic E-state index is -0.217. The van der Waals surface area contributed by atoms with Crippen molar-refractivity contribution in [1.82, 2.24) is 9.78 Å². The Morgan fingerprint density at radius 1 is 1.42 bits per heavy atom. The van der Waals surface area contributed by atoms with Crippen molar-refractivity contribution >= 4 is 5.82 Å². The van der Waals surface area contributed by atoms with Crippen molar-refractivity contribution in [2.75, 3.05) is 11.9 Å². The van der Waals surface area contributed by atoms with Crippen LogP contribution in [0, 0.1) is 12.7 Å². The van der Waals surface area contributed by atoms with Crippen LogP contribution in [-0.2, 0) is 20.1 Å². The molecule has 0 saturated carbocycles. The lowest BCUT2D eigenvalue weighted by Crippen LogP contribution is -2.21. The van der Waals surface area contributed by atoms with Gasteiger partial charge in [-0.2, -0.15) is 5.10 Å². The second-order valence-electron chi connectivity index (χ2n) is 4.70. The van der Waals surface area contributed by atoms with Crippen molar-refractivity contribution in [3.63, 3.8) is 0 Å². The van der Waals surface area contributed by atoms with Crippen molar-refractivity contribution < 1.29 is 4.39 Å². The van der Waals surface area contributed by atoms with E-state index in [2.05, 4.69) is 5.10 Å². The lowest BCUT2D eigenvalue weighted by atomic mass is 10.2. The molecule has 0 aliphatic rings. The highest BCUT2D eigenvalue weighted by Crippen LogP contribution is 2.23. The van der Waals surface area contributed by atoms with Gasteiger partial charge < -0.3 is 10.6 Å². The maximum atomic E-state index is 13.2. The third-order valence-electron chi connectivity index (χ3n) is 3.19. The predicted molar refractivity (Wildman–Crippen MR) is 74.3 cm³/mol. The summed E-state index contributed by atoms with van der Waals surface area (Å²) in [6.45, 7) is 3.01. The molecule has 5 heteroatoms. The van der Waals surface area contributed by atoms with Gasteiger partial charge in [0.25, 0.3) is 0 Å².